The van der Waals surface area contributed by atoms with Gasteiger partial charge in [0.25, 0.3) is 0 Å². The molecule has 94 valence electrons. The van der Waals surface area contributed by atoms with E-state index in [0.29, 0.717) is 18.5 Å². The van der Waals surface area contributed by atoms with E-state index in [1.165, 1.54) is 18.9 Å². The molecule has 0 amide bonds. The highest BCUT2D eigenvalue weighted by Crippen LogP contribution is 2.37. The number of likely N-dealkylation sites (N-methyl/N-ethyl adjacent to an activating group) is 1. The minimum absolute atomic E-state index is 0.0744. The Labute approximate surface area is 103 Å². The van der Waals surface area contributed by atoms with Gasteiger partial charge in [0.05, 0.1) is 0 Å². The van der Waals surface area contributed by atoms with Crippen LogP contribution in [0.1, 0.15) is 31.4 Å². The van der Waals surface area contributed by atoms with E-state index in [-0.39, 0.29) is 11.9 Å². The van der Waals surface area contributed by atoms with Gasteiger partial charge >= 0.3 is 0 Å². The van der Waals surface area contributed by atoms with E-state index in [4.69, 9.17) is 5.73 Å². The first kappa shape index (κ1) is 12.5. The summed E-state index contributed by atoms with van der Waals surface area (Å²) in [5, 5.41) is 0. The lowest BCUT2D eigenvalue weighted by Gasteiger charge is -2.33. The summed E-state index contributed by atoms with van der Waals surface area (Å²) in [6.07, 6.45) is 2.52. The minimum Gasteiger partial charge on any atom is -0.329 e. The molecule has 2 N–H and O–H groups in total. The second kappa shape index (κ2) is 5.15. The maximum Gasteiger partial charge on any atom is 0.127 e. The van der Waals surface area contributed by atoms with E-state index < -0.39 is 0 Å². The van der Waals surface area contributed by atoms with Crippen molar-refractivity contribution in [2.75, 3.05) is 13.6 Å². The lowest BCUT2D eigenvalue weighted by atomic mass is 10.0. The number of benzene rings is 1. The average Bonchev–Trinajstić information content (AvgIpc) is 3.14. The Morgan fingerprint density at radius 1 is 1.41 bits per heavy atom. The molecule has 17 heavy (non-hydrogen) atoms. The fourth-order valence-corrected chi connectivity index (χ4v) is 2.49. The first-order valence-corrected chi connectivity index (χ1v) is 6.31. The molecule has 0 bridgehead atoms. The molecule has 0 aromatic heterocycles. The molecule has 0 saturated heterocycles. The fraction of sp³-hybridized carbons (Fsp3) is 0.571. The molecular weight excluding hydrogens is 215 g/mol. The van der Waals surface area contributed by atoms with Crippen LogP contribution in [-0.4, -0.2) is 24.5 Å². The van der Waals surface area contributed by atoms with Crippen LogP contribution >= 0.6 is 0 Å². The molecule has 1 aliphatic carbocycles. The number of rotatable bonds is 5. The van der Waals surface area contributed by atoms with Crippen molar-refractivity contribution in [1.29, 1.82) is 0 Å². The number of nitrogens with zero attached hydrogens (tertiary/aromatic N) is 1. The molecule has 0 radical (unpaired) electrons. The van der Waals surface area contributed by atoms with Crippen molar-refractivity contribution in [3.05, 3.63) is 35.6 Å². The van der Waals surface area contributed by atoms with Crippen LogP contribution < -0.4 is 5.73 Å². The molecule has 1 aromatic rings. The first-order chi connectivity index (χ1) is 8.15. The lowest BCUT2D eigenvalue weighted by molar-refractivity contribution is 0.167. The van der Waals surface area contributed by atoms with Crippen molar-refractivity contribution >= 4 is 0 Å². The number of hydrogen-bond donors (Lipinski definition) is 1. The zero-order valence-electron chi connectivity index (χ0n) is 10.6. The van der Waals surface area contributed by atoms with E-state index >= 15 is 0 Å². The Bertz CT molecular complexity index is 376. The topological polar surface area (TPSA) is 29.3 Å². The smallest absolute Gasteiger partial charge is 0.127 e. The van der Waals surface area contributed by atoms with Gasteiger partial charge in [0.2, 0.25) is 0 Å². The zero-order valence-corrected chi connectivity index (χ0v) is 10.6. The summed E-state index contributed by atoms with van der Waals surface area (Å²) in [4.78, 5) is 2.22. The van der Waals surface area contributed by atoms with Crippen molar-refractivity contribution in [3.8, 4) is 0 Å². The van der Waals surface area contributed by atoms with Crippen LogP contribution in [0, 0.1) is 11.7 Å². The molecule has 1 saturated carbocycles. The molecule has 2 nitrogen and oxygen atoms in total. The van der Waals surface area contributed by atoms with Crippen LogP contribution in [0.25, 0.3) is 0 Å². The van der Waals surface area contributed by atoms with Crippen LogP contribution in [0.4, 0.5) is 4.39 Å². The molecule has 1 aromatic carbocycles. The maximum atomic E-state index is 13.7. The summed E-state index contributed by atoms with van der Waals surface area (Å²) in [7, 11) is 2.05. The van der Waals surface area contributed by atoms with E-state index in [1.54, 1.807) is 6.07 Å². The van der Waals surface area contributed by atoms with Gasteiger partial charge in [-0.2, -0.15) is 0 Å². The Morgan fingerprint density at radius 3 is 2.59 bits per heavy atom. The SMILES string of the molecule is CC(c1ccccc1F)N(C)C(CN)C1CC1. The molecule has 3 heteroatoms. The Balaban J connectivity index is 2.13. The van der Waals surface area contributed by atoms with Gasteiger partial charge < -0.3 is 5.73 Å². The molecule has 2 atom stereocenters. The molecule has 2 rings (SSSR count). The van der Waals surface area contributed by atoms with Crippen LogP contribution in [-0.2, 0) is 0 Å². The van der Waals surface area contributed by atoms with Gasteiger partial charge in [-0.05, 0) is 38.8 Å². The predicted molar refractivity (Wildman–Crippen MR) is 68.1 cm³/mol. The molecule has 1 fully saturated rings. The summed E-state index contributed by atoms with van der Waals surface area (Å²) >= 11 is 0. The van der Waals surface area contributed by atoms with E-state index in [1.807, 2.05) is 26.1 Å². The summed E-state index contributed by atoms with van der Waals surface area (Å²) in [6.45, 7) is 2.70. The summed E-state index contributed by atoms with van der Waals surface area (Å²) < 4.78 is 13.7. The van der Waals surface area contributed by atoms with Crippen LogP contribution in [0.2, 0.25) is 0 Å². The number of hydrogen-bond acceptors (Lipinski definition) is 2. The summed E-state index contributed by atoms with van der Waals surface area (Å²) in [5.74, 6) is 0.581. The fourth-order valence-electron chi connectivity index (χ4n) is 2.49. The lowest BCUT2D eigenvalue weighted by Crippen LogP contribution is -2.41. The quantitative estimate of drug-likeness (QED) is 0.851. The van der Waals surface area contributed by atoms with E-state index in [0.717, 1.165) is 5.56 Å². The standard InChI is InChI=1S/C14H21FN2/c1-10(12-5-3-4-6-13(12)15)17(2)14(9-16)11-7-8-11/h3-6,10-11,14H,7-9,16H2,1-2H3. The Kier molecular flexibility index (Phi) is 3.79. The van der Waals surface area contributed by atoms with Gasteiger partial charge in [-0.15, -0.1) is 0 Å². The third-order valence-corrected chi connectivity index (χ3v) is 3.90. The molecule has 1 aliphatic rings. The Morgan fingerprint density at radius 2 is 2.06 bits per heavy atom. The molecule has 0 heterocycles. The largest absolute Gasteiger partial charge is 0.329 e. The van der Waals surface area contributed by atoms with Crippen LogP contribution in [0.3, 0.4) is 0 Å². The van der Waals surface area contributed by atoms with Gasteiger partial charge in [0.1, 0.15) is 5.82 Å². The van der Waals surface area contributed by atoms with Crippen LogP contribution in [0.5, 0.6) is 0 Å². The first-order valence-electron chi connectivity index (χ1n) is 6.31. The van der Waals surface area contributed by atoms with Crippen molar-refractivity contribution in [2.24, 2.45) is 11.7 Å². The van der Waals surface area contributed by atoms with Crippen LogP contribution in [0.15, 0.2) is 24.3 Å². The molecule has 0 spiro atoms. The minimum atomic E-state index is -0.126. The normalized spacial score (nSPS) is 19.4. The van der Waals surface area contributed by atoms with E-state index in [2.05, 4.69) is 4.90 Å². The Hall–Kier alpha value is -0.930. The highest BCUT2D eigenvalue weighted by Gasteiger charge is 2.35. The highest BCUT2D eigenvalue weighted by atomic mass is 19.1. The van der Waals surface area contributed by atoms with E-state index in [9.17, 15) is 4.39 Å². The molecule has 0 aliphatic heterocycles. The van der Waals surface area contributed by atoms with Crippen molar-refractivity contribution < 1.29 is 4.39 Å². The average molecular weight is 236 g/mol. The molecule has 2 unspecified atom stereocenters. The summed E-state index contributed by atoms with van der Waals surface area (Å²) in [5.41, 5.74) is 6.59. The van der Waals surface area contributed by atoms with Gasteiger partial charge in [-0.3, -0.25) is 4.90 Å². The van der Waals surface area contributed by atoms with Gasteiger partial charge in [-0.1, -0.05) is 18.2 Å². The van der Waals surface area contributed by atoms with Crippen molar-refractivity contribution in [3.63, 3.8) is 0 Å². The van der Waals surface area contributed by atoms with Crippen molar-refractivity contribution in [2.45, 2.75) is 31.8 Å². The molecular formula is C14H21FN2. The van der Waals surface area contributed by atoms with Crippen molar-refractivity contribution in [1.82, 2.24) is 4.90 Å². The predicted octanol–water partition coefficient (Wildman–Crippen LogP) is 2.56. The maximum absolute atomic E-state index is 13.7. The zero-order chi connectivity index (χ0) is 12.4. The number of nitrogens with two attached hydrogens (primary N) is 1. The van der Waals surface area contributed by atoms with Gasteiger partial charge in [0, 0.05) is 24.2 Å². The second-order valence-electron chi connectivity index (χ2n) is 5.00. The highest BCUT2D eigenvalue weighted by molar-refractivity contribution is 5.21. The summed E-state index contributed by atoms with van der Waals surface area (Å²) in [6, 6.07) is 7.45. The number of halogens is 1. The second-order valence-corrected chi connectivity index (χ2v) is 5.00. The monoisotopic (exact) mass is 236 g/mol. The third kappa shape index (κ3) is 2.67. The third-order valence-electron chi connectivity index (χ3n) is 3.90. The van der Waals surface area contributed by atoms with Gasteiger partial charge in [-0.25, -0.2) is 4.39 Å². The van der Waals surface area contributed by atoms with Gasteiger partial charge in [0.15, 0.2) is 0 Å².